The van der Waals surface area contributed by atoms with E-state index in [1.54, 1.807) is 30.3 Å². The molecule has 0 heterocycles. The van der Waals surface area contributed by atoms with Crippen molar-refractivity contribution in [3.8, 4) is 0 Å². The number of ether oxygens (including phenoxy) is 2. The minimum Gasteiger partial charge on any atom is -0.462 e. The summed E-state index contributed by atoms with van der Waals surface area (Å²) in [6, 6.07) is 12.5. The predicted octanol–water partition coefficient (Wildman–Crippen LogP) is 5.21. The van der Waals surface area contributed by atoms with Crippen LogP contribution in [0.25, 0.3) is 0 Å². The summed E-state index contributed by atoms with van der Waals surface area (Å²) in [4.78, 5) is 12.3. The summed E-state index contributed by atoms with van der Waals surface area (Å²) >= 11 is 0. The summed E-state index contributed by atoms with van der Waals surface area (Å²) in [5, 5.41) is 12.1. The fraction of sp³-hybridized carbons (Fsp3) is 0.381. The second-order valence-corrected chi connectivity index (χ2v) is 6.02. The van der Waals surface area contributed by atoms with Crippen LogP contribution in [0.4, 0.5) is 4.39 Å². The molecule has 0 saturated heterocycles. The van der Waals surface area contributed by atoms with Gasteiger partial charge in [0.25, 0.3) is 0 Å². The Kier molecular flexibility index (Phi) is 8.25. The van der Waals surface area contributed by atoms with Crippen molar-refractivity contribution in [2.24, 2.45) is 0 Å². The maximum atomic E-state index is 13.6. The van der Waals surface area contributed by atoms with Gasteiger partial charge in [-0.1, -0.05) is 62.6 Å². The number of benzene rings is 2. The summed E-state index contributed by atoms with van der Waals surface area (Å²) in [5.74, 6) is -1.04. The molecule has 0 aliphatic carbocycles. The van der Waals surface area contributed by atoms with Crippen LogP contribution >= 0.6 is 0 Å². The summed E-state index contributed by atoms with van der Waals surface area (Å²) in [7, 11) is 0. The highest BCUT2D eigenvalue weighted by molar-refractivity contribution is 5.91. The Bertz CT molecular complexity index is 702. The van der Waals surface area contributed by atoms with Gasteiger partial charge in [0, 0.05) is 5.56 Å². The molecule has 1 unspecified atom stereocenters. The van der Waals surface area contributed by atoms with Crippen LogP contribution in [0.15, 0.2) is 48.5 Å². The maximum absolute atomic E-state index is 13.6. The van der Waals surface area contributed by atoms with E-state index in [-0.39, 0.29) is 12.2 Å². The smallest absolute Gasteiger partial charge is 0.338 e. The molecule has 0 saturated carbocycles. The van der Waals surface area contributed by atoms with Crippen LogP contribution in [-0.2, 0) is 21.2 Å². The van der Waals surface area contributed by atoms with Gasteiger partial charge in [-0.2, -0.15) is 5.11 Å². The van der Waals surface area contributed by atoms with Crippen LogP contribution in [0.3, 0.4) is 0 Å². The monoisotopic (exact) mass is 359 g/mol. The molecule has 0 aliphatic heterocycles. The third kappa shape index (κ3) is 5.93. The molecule has 2 aromatic rings. The summed E-state index contributed by atoms with van der Waals surface area (Å²) in [5.41, 5.74) is 0.857. The van der Waals surface area contributed by atoms with Gasteiger partial charge in [0.2, 0.25) is 6.29 Å². The van der Waals surface area contributed by atoms with E-state index in [9.17, 15) is 14.3 Å². The van der Waals surface area contributed by atoms with E-state index in [4.69, 9.17) is 9.47 Å². The van der Waals surface area contributed by atoms with Gasteiger partial charge < -0.3 is 9.47 Å². The molecule has 139 valence electrons. The first-order valence-electron chi connectivity index (χ1n) is 8.90. The van der Waals surface area contributed by atoms with Crippen molar-refractivity contribution in [3.05, 3.63) is 71.0 Å². The lowest BCUT2D eigenvalue weighted by molar-refractivity contribution is -0.153. The van der Waals surface area contributed by atoms with E-state index in [1.807, 2.05) is 0 Å². The summed E-state index contributed by atoms with van der Waals surface area (Å²) in [6.45, 7) is 2.39. The molecular formula is C21H24FO4. The number of halogens is 1. The minimum absolute atomic E-state index is 0.0523. The molecule has 1 atom stereocenters. The lowest BCUT2D eigenvalue weighted by Crippen LogP contribution is -2.11. The molecule has 0 spiro atoms. The van der Waals surface area contributed by atoms with Gasteiger partial charge in [-0.25, -0.2) is 9.18 Å². The van der Waals surface area contributed by atoms with E-state index in [1.165, 1.54) is 18.2 Å². The van der Waals surface area contributed by atoms with Gasteiger partial charge in [-0.05, 0) is 24.1 Å². The SMILES string of the molecule is CCCCCCOC(=O)c1ccccc1COC([O])c1ccccc1F. The highest BCUT2D eigenvalue weighted by Crippen LogP contribution is 2.21. The van der Waals surface area contributed by atoms with Gasteiger partial charge in [0.05, 0.1) is 18.8 Å². The maximum Gasteiger partial charge on any atom is 0.338 e. The molecule has 0 N–H and O–H groups in total. The molecule has 2 aromatic carbocycles. The van der Waals surface area contributed by atoms with Gasteiger partial charge in [-0.3, -0.25) is 0 Å². The first kappa shape index (κ1) is 20.1. The van der Waals surface area contributed by atoms with E-state index in [2.05, 4.69) is 6.92 Å². The van der Waals surface area contributed by atoms with Crippen LogP contribution in [0.2, 0.25) is 0 Å². The molecule has 0 bridgehead atoms. The number of hydrogen-bond donors (Lipinski definition) is 0. The van der Waals surface area contributed by atoms with Crippen molar-refractivity contribution in [2.45, 2.75) is 45.5 Å². The molecule has 4 nitrogen and oxygen atoms in total. The van der Waals surface area contributed by atoms with Crippen LogP contribution in [0.5, 0.6) is 0 Å². The van der Waals surface area contributed by atoms with Crippen LogP contribution < -0.4 is 0 Å². The average Bonchev–Trinajstić information content (AvgIpc) is 2.66. The van der Waals surface area contributed by atoms with Gasteiger partial charge in [0.1, 0.15) is 5.82 Å². The summed E-state index contributed by atoms with van der Waals surface area (Å²) < 4.78 is 24.2. The quantitative estimate of drug-likeness (QED) is 0.332. The van der Waals surface area contributed by atoms with Crippen molar-refractivity contribution in [1.82, 2.24) is 0 Å². The van der Waals surface area contributed by atoms with Crippen molar-refractivity contribution in [3.63, 3.8) is 0 Å². The molecular weight excluding hydrogens is 335 g/mol. The van der Waals surface area contributed by atoms with E-state index in [0.29, 0.717) is 17.7 Å². The molecule has 26 heavy (non-hydrogen) atoms. The number of carbonyl (C=O) groups is 1. The largest absolute Gasteiger partial charge is 0.462 e. The van der Waals surface area contributed by atoms with Crippen molar-refractivity contribution < 1.29 is 23.8 Å². The van der Waals surface area contributed by atoms with Gasteiger partial charge in [0.15, 0.2) is 0 Å². The first-order chi connectivity index (χ1) is 12.6. The Hall–Kier alpha value is -2.24. The molecule has 0 aliphatic rings. The third-order valence-electron chi connectivity index (χ3n) is 4.02. The number of hydrogen-bond acceptors (Lipinski definition) is 3. The van der Waals surface area contributed by atoms with E-state index >= 15 is 0 Å². The molecule has 5 heteroatoms. The van der Waals surface area contributed by atoms with Crippen molar-refractivity contribution >= 4 is 5.97 Å². The van der Waals surface area contributed by atoms with Crippen molar-refractivity contribution in [2.75, 3.05) is 6.61 Å². The second kappa shape index (κ2) is 10.7. The molecule has 2 rings (SSSR count). The second-order valence-electron chi connectivity index (χ2n) is 6.02. The molecule has 0 aromatic heterocycles. The highest BCUT2D eigenvalue weighted by Gasteiger charge is 2.17. The van der Waals surface area contributed by atoms with Gasteiger partial charge >= 0.3 is 5.97 Å². The lowest BCUT2D eigenvalue weighted by Gasteiger charge is -2.13. The zero-order chi connectivity index (χ0) is 18.8. The molecule has 1 radical (unpaired) electrons. The Morgan fingerprint density at radius 1 is 1.04 bits per heavy atom. The Morgan fingerprint density at radius 3 is 2.54 bits per heavy atom. The number of rotatable bonds is 10. The van der Waals surface area contributed by atoms with E-state index < -0.39 is 18.1 Å². The highest BCUT2D eigenvalue weighted by atomic mass is 19.1. The Balaban J connectivity index is 1.93. The van der Waals surface area contributed by atoms with Crippen molar-refractivity contribution in [1.29, 1.82) is 0 Å². The Labute approximate surface area is 153 Å². The number of carbonyl (C=O) groups excluding carboxylic acids is 1. The Morgan fingerprint density at radius 2 is 1.77 bits per heavy atom. The number of unbranched alkanes of at least 4 members (excludes halogenated alkanes) is 3. The van der Waals surface area contributed by atoms with Crippen LogP contribution in [0.1, 0.15) is 60.4 Å². The molecule has 0 amide bonds. The topological polar surface area (TPSA) is 55.4 Å². The zero-order valence-electron chi connectivity index (χ0n) is 14.9. The fourth-order valence-corrected chi connectivity index (χ4v) is 2.54. The first-order valence-corrected chi connectivity index (χ1v) is 8.90. The average molecular weight is 359 g/mol. The lowest BCUT2D eigenvalue weighted by atomic mass is 10.1. The number of esters is 1. The standard InChI is InChI=1S/C21H24FO4/c1-2-3-4-9-14-25-20(23)17-11-6-5-10-16(17)15-26-21(24)18-12-7-8-13-19(18)22/h5-8,10-13,21H,2-4,9,14-15H2,1H3. The summed E-state index contributed by atoms with van der Waals surface area (Å²) in [6.07, 6.45) is 2.42. The van der Waals surface area contributed by atoms with Crippen LogP contribution in [0, 0.1) is 5.82 Å². The predicted molar refractivity (Wildman–Crippen MR) is 95.5 cm³/mol. The van der Waals surface area contributed by atoms with E-state index in [0.717, 1.165) is 25.7 Å². The fourth-order valence-electron chi connectivity index (χ4n) is 2.54. The minimum atomic E-state index is -1.66. The van der Waals surface area contributed by atoms with Crippen LogP contribution in [-0.4, -0.2) is 12.6 Å². The zero-order valence-corrected chi connectivity index (χ0v) is 14.9. The van der Waals surface area contributed by atoms with Gasteiger partial charge in [-0.15, -0.1) is 0 Å². The normalized spacial score (nSPS) is 12.0. The molecule has 0 fully saturated rings. The third-order valence-corrected chi connectivity index (χ3v) is 4.02.